The molecule has 3 heteroatoms. The minimum atomic E-state index is 0.485. The normalized spacial score (nSPS) is 12.7. The van der Waals surface area contributed by atoms with Crippen LogP contribution in [0.1, 0.15) is 89.7 Å². The molecule has 0 aliphatic heterocycles. The van der Waals surface area contributed by atoms with Crippen LogP contribution in [0, 0.1) is 0 Å². The summed E-state index contributed by atoms with van der Waals surface area (Å²) < 4.78 is 1.91. The first-order valence-corrected chi connectivity index (χ1v) is 8.99. The van der Waals surface area contributed by atoms with E-state index in [2.05, 4.69) is 30.5 Å². The van der Waals surface area contributed by atoms with Crippen LogP contribution in [-0.4, -0.2) is 16.3 Å². The van der Waals surface area contributed by atoms with Crippen LogP contribution in [0.15, 0.2) is 12.4 Å². The van der Waals surface area contributed by atoms with Crippen LogP contribution in [-0.2, 0) is 7.05 Å². The molecule has 1 atom stereocenters. The van der Waals surface area contributed by atoms with E-state index >= 15 is 0 Å². The Morgan fingerprint density at radius 2 is 1.67 bits per heavy atom. The zero-order valence-corrected chi connectivity index (χ0v) is 14.4. The number of rotatable bonds is 13. The van der Waals surface area contributed by atoms with Crippen LogP contribution in [0.5, 0.6) is 0 Å². The summed E-state index contributed by atoms with van der Waals surface area (Å²) in [6, 6.07) is 0.485. The van der Waals surface area contributed by atoms with E-state index in [4.69, 9.17) is 0 Å². The maximum atomic E-state index is 4.31. The van der Waals surface area contributed by atoms with Crippen molar-refractivity contribution in [2.45, 2.75) is 84.1 Å². The Kier molecular flexibility index (Phi) is 10.2. The predicted molar refractivity (Wildman–Crippen MR) is 91.5 cm³/mol. The molecule has 0 spiro atoms. The number of hydrogen-bond acceptors (Lipinski definition) is 2. The average molecular weight is 293 g/mol. The number of nitrogens with zero attached hydrogens (tertiary/aromatic N) is 2. The molecule has 1 rings (SSSR count). The minimum absolute atomic E-state index is 0.485. The maximum absolute atomic E-state index is 4.31. The summed E-state index contributed by atoms with van der Waals surface area (Å²) in [4.78, 5) is 0. The lowest BCUT2D eigenvalue weighted by Crippen LogP contribution is -2.21. The van der Waals surface area contributed by atoms with Gasteiger partial charge in [-0.2, -0.15) is 5.10 Å². The van der Waals surface area contributed by atoms with Gasteiger partial charge in [-0.15, -0.1) is 0 Å². The smallest absolute Gasteiger partial charge is 0.0537 e. The maximum Gasteiger partial charge on any atom is 0.0537 e. The lowest BCUT2D eigenvalue weighted by molar-refractivity contribution is 0.465. The molecular formula is C18H35N3. The standard InChI is InChI=1S/C18H35N3/c1-4-6-7-8-9-10-11-12-13-18(19-14-5-2)17-15-20-21(3)16-17/h15-16,18-19H,4-14H2,1-3H3. The third-order valence-corrected chi connectivity index (χ3v) is 4.11. The highest BCUT2D eigenvalue weighted by Crippen LogP contribution is 2.20. The molecule has 0 saturated carbocycles. The third kappa shape index (κ3) is 8.25. The first-order valence-electron chi connectivity index (χ1n) is 8.99. The number of nitrogens with one attached hydrogen (secondary N) is 1. The van der Waals surface area contributed by atoms with Crippen LogP contribution >= 0.6 is 0 Å². The van der Waals surface area contributed by atoms with Crippen LogP contribution in [0.3, 0.4) is 0 Å². The summed E-state index contributed by atoms with van der Waals surface area (Å²) in [5.41, 5.74) is 1.34. The van der Waals surface area contributed by atoms with Crippen molar-refractivity contribution in [2.24, 2.45) is 7.05 Å². The molecule has 122 valence electrons. The quantitative estimate of drug-likeness (QED) is 0.519. The van der Waals surface area contributed by atoms with Crippen molar-refractivity contribution >= 4 is 0 Å². The van der Waals surface area contributed by atoms with Crippen molar-refractivity contribution in [1.29, 1.82) is 0 Å². The Bertz CT molecular complexity index is 346. The van der Waals surface area contributed by atoms with Crippen molar-refractivity contribution in [3.8, 4) is 0 Å². The molecule has 1 unspecified atom stereocenters. The number of hydrogen-bond donors (Lipinski definition) is 1. The van der Waals surface area contributed by atoms with Gasteiger partial charge in [-0.3, -0.25) is 4.68 Å². The van der Waals surface area contributed by atoms with Crippen LogP contribution < -0.4 is 5.32 Å². The van der Waals surface area contributed by atoms with Crippen LogP contribution in [0.4, 0.5) is 0 Å². The Morgan fingerprint density at radius 3 is 2.24 bits per heavy atom. The highest BCUT2D eigenvalue weighted by molar-refractivity contribution is 5.10. The molecule has 0 bridgehead atoms. The summed E-state index contributed by atoms with van der Waals surface area (Å²) in [5.74, 6) is 0. The van der Waals surface area contributed by atoms with Crippen molar-refractivity contribution in [3.63, 3.8) is 0 Å². The van der Waals surface area contributed by atoms with Gasteiger partial charge in [-0.1, -0.05) is 65.2 Å². The molecule has 0 aliphatic carbocycles. The van der Waals surface area contributed by atoms with Crippen LogP contribution in [0.2, 0.25) is 0 Å². The zero-order valence-electron chi connectivity index (χ0n) is 14.4. The van der Waals surface area contributed by atoms with Crippen molar-refractivity contribution in [2.75, 3.05) is 6.54 Å². The Balaban J connectivity index is 2.18. The summed E-state index contributed by atoms with van der Waals surface area (Å²) in [6.45, 7) is 5.60. The lowest BCUT2D eigenvalue weighted by atomic mass is 10.0. The largest absolute Gasteiger partial charge is 0.310 e. The van der Waals surface area contributed by atoms with Gasteiger partial charge in [0.2, 0.25) is 0 Å². The summed E-state index contributed by atoms with van der Waals surface area (Å²) in [7, 11) is 2.00. The lowest BCUT2D eigenvalue weighted by Gasteiger charge is -2.17. The predicted octanol–water partition coefficient (Wildman–Crippen LogP) is 4.99. The first kappa shape index (κ1) is 18.2. The van der Waals surface area contributed by atoms with E-state index in [-0.39, 0.29) is 0 Å². The highest BCUT2D eigenvalue weighted by atomic mass is 15.2. The summed E-state index contributed by atoms with van der Waals surface area (Å²) in [5, 5.41) is 7.97. The van der Waals surface area contributed by atoms with Gasteiger partial charge >= 0.3 is 0 Å². The third-order valence-electron chi connectivity index (χ3n) is 4.11. The van der Waals surface area contributed by atoms with Crippen molar-refractivity contribution < 1.29 is 0 Å². The summed E-state index contributed by atoms with van der Waals surface area (Å²) in [6.07, 6.45) is 17.7. The number of unbranched alkanes of at least 4 members (excludes halogenated alkanes) is 7. The molecule has 0 aliphatic rings. The van der Waals surface area contributed by atoms with Gasteiger partial charge in [0.1, 0.15) is 0 Å². The van der Waals surface area contributed by atoms with Crippen LogP contribution in [0.25, 0.3) is 0 Å². The molecule has 0 radical (unpaired) electrons. The van der Waals surface area contributed by atoms with Gasteiger partial charge in [0.25, 0.3) is 0 Å². The molecule has 1 aromatic heterocycles. The highest BCUT2D eigenvalue weighted by Gasteiger charge is 2.11. The van der Waals surface area contributed by atoms with E-state index < -0.39 is 0 Å². The van der Waals surface area contributed by atoms with Gasteiger partial charge < -0.3 is 5.32 Å². The topological polar surface area (TPSA) is 29.9 Å². The van der Waals surface area contributed by atoms with Crippen molar-refractivity contribution in [1.82, 2.24) is 15.1 Å². The summed E-state index contributed by atoms with van der Waals surface area (Å²) >= 11 is 0. The van der Waals surface area contributed by atoms with Gasteiger partial charge in [-0.05, 0) is 19.4 Å². The molecule has 3 nitrogen and oxygen atoms in total. The van der Waals surface area contributed by atoms with Gasteiger partial charge in [0, 0.05) is 24.8 Å². The van der Waals surface area contributed by atoms with E-state index in [1.165, 1.54) is 69.8 Å². The Hall–Kier alpha value is -0.830. The number of aromatic nitrogens is 2. The van der Waals surface area contributed by atoms with E-state index in [1.807, 2.05) is 17.9 Å². The molecule has 21 heavy (non-hydrogen) atoms. The van der Waals surface area contributed by atoms with Crippen molar-refractivity contribution in [3.05, 3.63) is 18.0 Å². The first-order chi connectivity index (χ1) is 10.3. The molecule has 1 N–H and O–H groups in total. The monoisotopic (exact) mass is 293 g/mol. The van der Waals surface area contributed by atoms with Gasteiger partial charge in [-0.25, -0.2) is 0 Å². The molecule has 0 amide bonds. The molecule has 1 aromatic rings. The van der Waals surface area contributed by atoms with E-state index in [1.54, 1.807) is 0 Å². The Labute approximate surface area is 131 Å². The fourth-order valence-corrected chi connectivity index (χ4v) is 2.81. The van der Waals surface area contributed by atoms with Gasteiger partial charge in [0.15, 0.2) is 0 Å². The SMILES string of the molecule is CCCCCCCCCCC(NCCC)c1cnn(C)c1. The Morgan fingerprint density at radius 1 is 1.00 bits per heavy atom. The molecule has 0 saturated heterocycles. The second-order valence-electron chi connectivity index (χ2n) is 6.22. The van der Waals surface area contributed by atoms with E-state index in [0.717, 1.165) is 6.54 Å². The minimum Gasteiger partial charge on any atom is -0.310 e. The fraction of sp³-hybridized carbons (Fsp3) is 0.833. The molecule has 0 aromatic carbocycles. The molecular weight excluding hydrogens is 258 g/mol. The average Bonchev–Trinajstić information content (AvgIpc) is 2.91. The molecule has 0 fully saturated rings. The second-order valence-corrected chi connectivity index (χ2v) is 6.22. The molecule has 1 heterocycles. The zero-order chi connectivity index (χ0) is 15.3. The van der Waals surface area contributed by atoms with E-state index in [0.29, 0.717) is 6.04 Å². The van der Waals surface area contributed by atoms with E-state index in [9.17, 15) is 0 Å². The van der Waals surface area contributed by atoms with Gasteiger partial charge in [0.05, 0.1) is 6.20 Å². The number of aryl methyl sites for hydroxylation is 1. The fourth-order valence-electron chi connectivity index (χ4n) is 2.81. The second kappa shape index (κ2) is 11.8.